The molecule has 0 aliphatic rings. The predicted molar refractivity (Wildman–Crippen MR) is 155 cm³/mol. The first-order valence-electron chi connectivity index (χ1n) is 12.0. The van der Waals surface area contributed by atoms with Crippen molar-refractivity contribution in [2.75, 3.05) is 0 Å². The van der Waals surface area contributed by atoms with E-state index in [2.05, 4.69) is 31.0 Å². The molecule has 5 rings (SSSR count). The number of carbonyl (C=O) groups is 2. The highest BCUT2D eigenvalue weighted by Gasteiger charge is 2.07. The minimum absolute atomic E-state index is 0.157. The first-order chi connectivity index (χ1) is 19.1. The molecule has 0 saturated carbocycles. The van der Waals surface area contributed by atoms with Crippen molar-refractivity contribution in [3.8, 4) is 0 Å². The highest BCUT2D eigenvalue weighted by Crippen LogP contribution is 2.17. The Balaban J connectivity index is 0.000000187. The van der Waals surface area contributed by atoms with Crippen LogP contribution >= 0.6 is 11.6 Å². The molecule has 8 nitrogen and oxygen atoms in total. The number of hydrogen-bond donors (Lipinski definition) is 3. The second-order valence-electron chi connectivity index (χ2n) is 8.23. The molecule has 0 saturated heterocycles. The number of amides is 2. The van der Waals surface area contributed by atoms with Crippen LogP contribution in [0.1, 0.15) is 27.0 Å². The number of nitrogens with zero attached hydrogens (tertiary/aromatic N) is 3. The highest BCUT2D eigenvalue weighted by atomic mass is 35.5. The molecular formula is C30H25ClN6O2. The topological polar surface area (TPSA) is 112 Å². The number of hydrazone groups is 2. The van der Waals surface area contributed by atoms with Crippen molar-refractivity contribution in [2.24, 2.45) is 10.2 Å². The van der Waals surface area contributed by atoms with E-state index in [1.165, 1.54) is 6.20 Å². The van der Waals surface area contributed by atoms with Crippen LogP contribution in [-0.2, 0) is 11.2 Å². The third kappa shape index (κ3) is 8.48. The summed E-state index contributed by atoms with van der Waals surface area (Å²) < 4.78 is 0. The molecule has 2 heterocycles. The van der Waals surface area contributed by atoms with Gasteiger partial charge in [0.2, 0.25) is 5.91 Å². The summed E-state index contributed by atoms with van der Waals surface area (Å²) in [6.45, 7) is 0. The zero-order valence-corrected chi connectivity index (χ0v) is 21.5. The van der Waals surface area contributed by atoms with Crippen molar-refractivity contribution in [2.45, 2.75) is 6.42 Å². The van der Waals surface area contributed by atoms with Gasteiger partial charge in [-0.25, -0.2) is 10.9 Å². The molecule has 3 N–H and O–H groups in total. The summed E-state index contributed by atoms with van der Waals surface area (Å²) in [5, 5.41) is 9.54. The Kier molecular flexibility index (Phi) is 9.69. The number of para-hydroxylation sites is 1. The number of aromatic nitrogens is 2. The van der Waals surface area contributed by atoms with Gasteiger partial charge in [0, 0.05) is 34.5 Å². The SMILES string of the molecule is O=C(Cc1c[nH]c2ccccc12)N/N=C/c1ccc(Cl)cc1.O=C(N/N=C/c1ccccc1)c1cccnc1. The van der Waals surface area contributed by atoms with Crippen molar-refractivity contribution in [1.82, 2.24) is 20.8 Å². The zero-order valence-electron chi connectivity index (χ0n) is 20.8. The lowest BCUT2D eigenvalue weighted by molar-refractivity contribution is -0.120. The molecule has 0 atom stereocenters. The number of fused-ring (bicyclic) bond motifs is 1. The molecule has 0 spiro atoms. The maximum Gasteiger partial charge on any atom is 0.272 e. The smallest absolute Gasteiger partial charge is 0.272 e. The van der Waals surface area contributed by atoms with Crippen LogP contribution in [0.5, 0.6) is 0 Å². The van der Waals surface area contributed by atoms with Crippen LogP contribution in [0.3, 0.4) is 0 Å². The molecule has 0 aliphatic heterocycles. The van der Waals surface area contributed by atoms with E-state index in [4.69, 9.17) is 11.6 Å². The Morgan fingerprint density at radius 1 is 0.821 bits per heavy atom. The summed E-state index contributed by atoms with van der Waals surface area (Å²) in [7, 11) is 0. The number of hydrogen-bond acceptors (Lipinski definition) is 5. The van der Waals surface area contributed by atoms with Crippen LogP contribution in [0, 0.1) is 0 Å². The average Bonchev–Trinajstić information content (AvgIpc) is 3.38. The van der Waals surface area contributed by atoms with Gasteiger partial charge in [0.15, 0.2) is 0 Å². The summed E-state index contributed by atoms with van der Waals surface area (Å²) in [6, 6.07) is 28.0. The monoisotopic (exact) mass is 536 g/mol. The van der Waals surface area contributed by atoms with Crippen molar-refractivity contribution in [3.63, 3.8) is 0 Å². The molecule has 9 heteroatoms. The van der Waals surface area contributed by atoms with Gasteiger partial charge in [-0.15, -0.1) is 0 Å². The first-order valence-corrected chi connectivity index (χ1v) is 12.4. The number of benzene rings is 3. The van der Waals surface area contributed by atoms with E-state index in [9.17, 15) is 9.59 Å². The molecule has 0 unspecified atom stereocenters. The lowest BCUT2D eigenvalue weighted by atomic mass is 10.1. The molecule has 0 fully saturated rings. The quantitative estimate of drug-likeness (QED) is 0.192. The first kappa shape index (κ1) is 27.0. The van der Waals surface area contributed by atoms with E-state index < -0.39 is 0 Å². The Labute approximate surface area is 230 Å². The maximum atomic E-state index is 11.9. The second-order valence-corrected chi connectivity index (χ2v) is 8.67. The normalized spacial score (nSPS) is 10.8. The summed E-state index contributed by atoms with van der Waals surface area (Å²) >= 11 is 5.81. The third-order valence-corrected chi connectivity index (χ3v) is 5.65. The molecule has 5 aromatic rings. The van der Waals surface area contributed by atoms with Gasteiger partial charge in [-0.3, -0.25) is 14.6 Å². The molecule has 2 aromatic heterocycles. The van der Waals surface area contributed by atoms with Crippen molar-refractivity contribution in [1.29, 1.82) is 0 Å². The van der Waals surface area contributed by atoms with Crippen molar-refractivity contribution < 1.29 is 9.59 Å². The molecule has 2 amide bonds. The lowest BCUT2D eigenvalue weighted by Crippen LogP contribution is -2.19. The van der Waals surface area contributed by atoms with Gasteiger partial charge in [0.05, 0.1) is 24.4 Å². The summed E-state index contributed by atoms with van der Waals surface area (Å²) in [6.07, 6.45) is 8.42. The fourth-order valence-corrected chi connectivity index (χ4v) is 3.61. The molecular weight excluding hydrogens is 512 g/mol. The number of H-pyrrole nitrogens is 1. The molecule has 0 bridgehead atoms. The van der Waals surface area contributed by atoms with E-state index in [1.807, 2.05) is 72.9 Å². The predicted octanol–water partition coefficient (Wildman–Crippen LogP) is 5.36. The minimum atomic E-state index is -0.273. The Morgan fingerprint density at radius 3 is 2.26 bits per heavy atom. The van der Waals surface area contributed by atoms with Gasteiger partial charge < -0.3 is 4.98 Å². The van der Waals surface area contributed by atoms with E-state index in [0.29, 0.717) is 10.6 Å². The van der Waals surface area contributed by atoms with E-state index in [1.54, 1.807) is 42.9 Å². The van der Waals surface area contributed by atoms with E-state index in [-0.39, 0.29) is 18.2 Å². The zero-order chi connectivity index (χ0) is 27.3. The summed E-state index contributed by atoms with van der Waals surface area (Å²) in [5.41, 5.74) is 9.23. The maximum absolute atomic E-state index is 11.9. The Morgan fingerprint density at radius 2 is 1.51 bits per heavy atom. The average molecular weight is 537 g/mol. The summed E-state index contributed by atoms with van der Waals surface area (Å²) in [4.78, 5) is 30.5. The number of pyridine rings is 1. The van der Waals surface area contributed by atoms with Crippen LogP contribution in [0.4, 0.5) is 0 Å². The molecule has 0 aliphatic carbocycles. The molecule has 3 aromatic carbocycles. The van der Waals surface area contributed by atoms with E-state index >= 15 is 0 Å². The number of rotatable bonds is 7. The number of aromatic amines is 1. The van der Waals surface area contributed by atoms with Gasteiger partial charge in [-0.1, -0.05) is 72.3 Å². The number of nitrogens with one attached hydrogen (secondary N) is 3. The largest absolute Gasteiger partial charge is 0.361 e. The van der Waals surface area contributed by atoms with Crippen LogP contribution in [0.25, 0.3) is 10.9 Å². The van der Waals surface area contributed by atoms with Gasteiger partial charge >= 0.3 is 0 Å². The summed E-state index contributed by atoms with van der Waals surface area (Å²) in [5.74, 6) is -0.430. The van der Waals surface area contributed by atoms with E-state index in [0.717, 1.165) is 27.6 Å². The van der Waals surface area contributed by atoms with Gasteiger partial charge in [0.1, 0.15) is 0 Å². The van der Waals surface area contributed by atoms with Crippen molar-refractivity contribution >= 4 is 46.7 Å². The minimum Gasteiger partial charge on any atom is -0.361 e. The second kappa shape index (κ2) is 14.0. The van der Waals surface area contributed by atoms with Crippen LogP contribution < -0.4 is 10.9 Å². The van der Waals surface area contributed by atoms with Gasteiger partial charge in [-0.2, -0.15) is 10.2 Å². The lowest BCUT2D eigenvalue weighted by Gasteiger charge is -1.99. The molecule has 0 radical (unpaired) electrons. The van der Waals surface area contributed by atoms with Crippen LogP contribution in [0.2, 0.25) is 5.02 Å². The molecule has 39 heavy (non-hydrogen) atoms. The Bertz CT molecular complexity index is 1570. The molecule has 194 valence electrons. The van der Waals surface area contributed by atoms with Crippen LogP contribution in [0.15, 0.2) is 120 Å². The van der Waals surface area contributed by atoms with Crippen LogP contribution in [-0.4, -0.2) is 34.2 Å². The van der Waals surface area contributed by atoms with Gasteiger partial charge in [-0.05, 0) is 47.0 Å². The van der Waals surface area contributed by atoms with Gasteiger partial charge in [0.25, 0.3) is 5.91 Å². The Hall–Kier alpha value is -5.08. The fraction of sp³-hybridized carbons (Fsp3) is 0.0333. The third-order valence-electron chi connectivity index (χ3n) is 5.40. The fourth-order valence-electron chi connectivity index (χ4n) is 3.48. The highest BCUT2D eigenvalue weighted by molar-refractivity contribution is 6.30. The number of carbonyl (C=O) groups excluding carboxylic acids is 2. The number of halogens is 1. The van der Waals surface area contributed by atoms with Crippen molar-refractivity contribution in [3.05, 3.63) is 137 Å². The standard InChI is InChI=1S/C17H14ClN3O.C13H11N3O/c18-14-7-5-12(6-8-14)10-20-21-17(22)9-13-11-19-16-4-2-1-3-15(13)16;17-13(12-7-4-8-14-10-12)16-15-9-11-5-2-1-3-6-11/h1-8,10-11,19H,9H2,(H,21,22);1-10H,(H,16,17)/b20-10+;15-9+.